The maximum absolute atomic E-state index is 10.6. The van der Waals surface area contributed by atoms with Gasteiger partial charge >= 0.3 is 66.8 Å². The molecule has 7 heteroatoms. The summed E-state index contributed by atoms with van der Waals surface area (Å²) >= 11 is 0. The molecule has 0 atom stereocenters. The molecular formula is C9H8BaO6. The Morgan fingerprint density at radius 2 is 1.38 bits per heavy atom. The van der Waals surface area contributed by atoms with Gasteiger partial charge in [-0.05, 0) is 18.2 Å². The molecule has 3 N–H and O–H groups in total. The molecule has 6 nitrogen and oxygen atoms in total. The molecule has 0 saturated carbocycles. The molecule has 0 aliphatic carbocycles. The van der Waals surface area contributed by atoms with Crippen molar-refractivity contribution in [1.29, 1.82) is 0 Å². The van der Waals surface area contributed by atoms with Gasteiger partial charge in [-0.25, -0.2) is 14.4 Å². The topological polar surface area (TPSA) is 112 Å². The van der Waals surface area contributed by atoms with E-state index in [4.69, 9.17) is 15.3 Å². The van der Waals surface area contributed by atoms with Gasteiger partial charge in [0.05, 0.1) is 16.7 Å². The molecule has 1 aromatic rings. The molecule has 82 valence electrons. The Hall–Kier alpha value is -0.799. The molecule has 0 radical (unpaired) electrons. The molecular weight excluding hydrogens is 341 g/mol. The number of carbonyl (C=O) groups is 3. The summed E-state index contributed by atoms with van der Waals surface area (Å²) in [7, 11) is 0. The van der Waals surface area contributed by atoms with Gasteiger partial charge in [0.25, 0.3) is 0 Å². The maximum atomic E-state index is 10.6. The molecule has 0 spiro atoms. The Labute approximate surface area is 133 Å². The molecule has 1 aromatic carbocycles. The van der Waals surface area contributed by atoms with Crippen LogP contribution in [0.3, 0.4) is 0 Å². The summed E-state index contributed by atoms with van der Waals surface area (Å²) in [5.41, 5.74) is -1.24. The number of hydrogen-bond donors (Lipinski definition) is 3. The summed E-state index contributed by atoms with van der Waals surface area (Å²) in [5.74, 6) is -4.20. The smallest absolute Gasteiger partial charge is 1.00 e. The summed E-state index contributed by atoms with van der Waals surface area (Å²) in [6.45, 7) is 0. The minimum atomic E-state index is -1.48. The van der Waals surface area contributed by atoms with Crippen molar-refractivity contribution < 1.29 is 32.6 Å². The van der Waals surface area contributed by atoms with E-state index in [0.717, 1.165) is 18.2 Å². The van der Waals surface area contributed by atoms with Crippen LogP contribution in [0, 0.1) is 0 Å². The minimum Gasteiger partial charge on any atom is -1.00 e. The standard InChI is InChI=1S/C9H6O6.Ba.2H/c10-7(11)4-1-2-5(8(12)13)6(3-4)9(14)15;;;/h1-3H,(H,10,11)(H,12,13)(H,14,15);;;/q;+2;2*-1. The molecule has 0 unspecified atom stereocenters. The molecule has 0 aliphatic heterocycles. The van der Waals surface area contributed by atoms with E-state index in [1.807, 2.05) is 0 Å². The SMILES string of the molecule is O=C(O)c1ccc(C(=O)O)c(C(=O)O)c1.[Ba+2].[H-].[H-]. The van der Waals surface area contributed by atoms with Gasteiger partial charge < -0.3 is 18.2 Å². The minimum absolute atomic E-state index is 0. The Balaban J connectivity index is -0.000000750. The number of hydrogen-bond acceptors (Lipinski definition) is 3. The van der Waals surface area contributed by atoms with Crippen molar-refractivity contribution in [1.82, 2.24) is 0 Å². The molecule has 16 heavy (non-hydrogen) atoms. The zero-order valence-electron chi connectivity index (χ0n) is 10.0. The van der Waals surface area contributed by atoms with Crippen molar-refractivity contribution in [2.45, 2.75) is 0 Å². The maximum Gasteiger partial charge on any atom is 2.00 e. The van der Waals surface area contributed by atoms with E-state index in [0.29, 0.717) is 0 Å². The van der Waals surface area contributed by atoms with Crippen LogP contribution >= 0.6 is 0 Å². The van der Waals surface area contributed by atoms with Crippen LogP contribution in [0.15, 0.2) is 18.2 Å². The first-order valence-corrected chi connectivity index (χ1v) is 3.77. The Bertz CT molecular complexity index is 462. The molecule has 0 aliphatic rings. The van der Waals surface area contributed by atoms with Crippen LogP contribution < -0.4 is 0 Å². The first kappa shape index (κ1) is 15.2. The number of rotatable bonds is 3. The van der Waals surface area contributed by atoms with Gasteiger partial charge in [0.1, 0.15) is 0 Å². The van der Waals surface area contributed by atoms with E-state index < -0.39 is 29.0 Å². The monoisotopic (exact) mass is 350 g/mol. The van der Waals surface area contributed by atoms with Gasteiger partial charge in [-0.1, -0.05) is 0 Å². The molecule has 0 aromatic heterocycles. The number of aromatic carboxylic acids is 3. The van der Waals surface area contributed by atoms with Crippen LogP contribution in [0.2, 0.25) is 0 Å². The third-order valence-electron chi connectivity index (χ3n) is 1.73. The van der Waals surface area contributed by atoms with E-state index in [9.17, 15) is 14.4 Å². The summed E-state index contributed by atoms with van der Waals surface area (Å²) in [6.07, 6.45) is 0. The zero-order chi connectivity index (χ0) is 11.6. The van der Waals surface area contributed by atoms with Crippen molar-refractivity contribution in [2.24, 2.45) is 0 Å². The largest absolute Gasteiger partial charge is 2.00 e. The van der Waals surface area contributed by atoms with Crippen molar-refractivity contribution >= 4 is 66.8 Å². The van der Waals surface area contributed by atoms with E-state index in [1.165, 1.54) is 0 Å². The fraction of sp³-hybridized carbons (Fsp3) is 0. The Morgan fingerprint density at radius 1 is 0.875 bits per heavy atom. The second kappa shape index (κ2) is 6.06. The second-order valence-corrected chi connectivity index (χ2v) is 2.68. The van der Waals surface area contributed by atoms with Gasteiger partial charge in [0.2, 0.25) is 0 Å². The van der Waals surface area contributed by atoms with Crippen molar-refractivity contribution in [3.05, 3.63) is 34.9 Å². The third-order valence-corrected chi connectivity index (χ3v) is 1.73. The molecule has 0 saturated heterocycles. The normalized spacial score (nSPS) is 9.00. The van der Waals surface area contributed by atoms with Gasteiger partial charge in [-0.3, -0.25) is 0 Å². The molecule has 0 fully saturated rings. The summed E-state index contributed by atoms with van der Waals surface area (Å²) in [4.78, 5) is 31.8. The summed E-state index contributed by atoms with van der Waals surface area (Å²) < 4.78 is 0. The van der Waals surface area contributed by atoms with Gasteiger partial charge in [0.15, 0.2) is 0 Å². The molecule has 0 amide bonds. The quantitative estimate of drug-likeness (QED) is 0.690. The molecule has 0 heterocycles. The van der Waals surface area contributed by atoms with Crippen molar-refractivity contribution in [2.75, 3.05) is 0 Å². The van der Waals surface area contributed by atoms with Gasteiger partial charge in [0, 0.05) is 0 Å². The number of benzene rings is 1. The van der Waals surface area contributed by atoms with Crippen molar-refractivity contribution in [3.8, 4) is 0 Å². The van der Waals surface area contributed by atoms with Crippen LogP contribution in [0.5, 0.6) is 0 Å². The average molecular weight is 349 g/mol. The fourth-order valence-corrected chi connectivity index (χ4v) is 1.04. The fourth-order valence-electron chi connectivity index (χ4n) is 1.04. The summed E-state index contributed by atoms with van der Waals surface area (Å²) in [5, 5.41) is 25.9. The first-order valence-electron chi connectivity index (χ1n) is 3.77. The molecule has 0 bridgehead atoms. The van der Waals surface area contributed by atoms with Crippen LogP contribution in [0.4, 0.5) is 0 Å². The van der Waals surface area contributed by atoms with Gasteiger partial charge in [-0.2, -0.15) is 0 Å². The predicted octanol–water partition coefficient (Wildman–Crippen LogP) is 0.625. The van der Waals surface area contributed by atoms with Crippen LogP contribution in [0.25, 0.3) is 0 Å². The van der Waals surface area contributed by atoms with E-state index >= 15 is 0 Å². The summed E-state index contributed by atoms with van der Waals surface area (Å²) in [6, 6.07) is 2.81. The Morgan fingerprint density at radius 3 is 1.75 bits per heavy atom. The number of carboxylic acid groups (broad SMARTS) is 3. The first-order chi connectivity index (χ1) is 6.93. The van der Waals surface area contributed by atoms with Gasteiger partial charge in [-0.15, -0.1) is 0 Å². The van der Waals surface area contributed by atoms with Crippen LogP contribution in [0.1, 0.15) is 33.9 Å². The van der Waals surface area contributed by atoms with E-state index in [1.54, 1.807) is 0 Å². The second-order valence-electron chi connectivity index (χ2n) is 2.68. The Kier molecular flexibility index (Phi) is 5.76. The van der Waals surface area contributed by atoms with E-state index in [2.05, 4.69) is 0 Å². The van der Waals surface area contributed by atoms with Crippen LogP contribution in [-0.4, -0.2) is 82.1 Å². The van der Waals surface area contributed by atoms with Crippen LogP contribution in [-0.2, 0) is 0 Å². The third kappa shape index (κ3) is 3.36. The van der Waals surface area contributed by atoms with Crippen molar-refractivity contribution in [3.63, 3.8) is 0 Å². The average Bonchev–Trinajstić information content (AvgIpc) is 2.16. The number of carboxylic acids is 3. The molecule has 1 rings (SSSR count). The van der Waals surface area contributed by atoms with E-state index in [-0.39, 0.29) is 57.3 Å². The zero-order valence-corrected chi connectivity index (χ0v) is 12.4. The predicted molar refractivity (Wildman–Crippen MR) is 55.3 cm³/mol.